The van der Waals surface area contributed by atoms with Crippen LogP contribution in [0.25, 0.3) is 0 Å². The lowest BCUT2D eigenvalue weighted by Crippen LogP contribution is -2.42. The molecular formula is C20H24N2O5S. The largest absolute Gasteiger partial charge is 0.486 e. The lowest BCUT2D eigenvalue weighted by molar-refractivity contribution is -0.121. The molecule has 2 aromatic rings. The third-order valence-electron chi connectivity index (χ3n) is 4.12. The number of benzene rings is 2. The van der Waals surface area contributed by atoms with Crippen molar-refractivity contribution in [2.24, 2.45) is 0 Å². The van der Waals surface area contributed by atoms with Crippen molar-refractivity contribution in [3.05, 3.63) is 54.1 Å². The molecule has 0 spiro atoms. The molecular weight excluding hydrogens is 380 g/mol. The second-order valence-electron chi connectivity index (χ2n) is 6.79. The highest BCUT2D eigenvalue weighted by molar-refractivity contribution is 7.89. The van der Waals surface area contributed by atoms with Crippen LogP contribution in [-0.4, -0.2) is 44.4 Å². The van der Waals surface area contributed by atoms with Gasteiger partial charge in [0.05, 0.1) is 11.4 Å². The summed E-state index contributed by atoms with van der Waals surface area (Å²) in [5.41, 5.74) is 0.793. The molecule has 2 aromatic carbocycles. The number of nitrogens with zero attached hydrogens (tertiary/aromatic N) is 1. The summed E-state index contributed by atoms with van der Waals surface area (Å²) < 4.78 is 38.7. The van der Waals surface area contributed by atoms with Crippen LogP contribution in [0.3, 0.4) is 0 Å². The molecule has 0 unspecified atom stereocenters. The van der Waals surface area contributed by atoms with Crippen molar-refractivity contribution < 1.29 is 22.7 Å². The van der Waals surface area contributed by atoms with Crippen LogP contribution in [0.15, 0.2) is 53.4 Å². The van der Waals surface area contributed by atoms with Crippen molar-refractivity contribution in [3.63, 3.8) is 0 Å². The van der Waals surface area contributed by atoms with Crippen LogP contribution in [0.2, 0.25) is 0 Å². The Morgan fingerprint density at radius 3 is 2.43 bits per heavy atom. The van der Waals surface area contributed by atoms with Gasteiger partial charge in [0.2, 0.25) is 15.9 Å². The zero-order valence-corrected chi connectivity index (χ0v) is 16.7. The fraction of sp³-hybridized carbons (Fsp3) is 0.350. The summed E-state index contributed by atoms with van der Waals surface area (Å²) in [6.07, 6.45) is 0. The third-order valence-corrected chi connectivity index (χ3v) is 5.91. The Hall–Kier alpha value is -2.58. The Morgan fingerprint density at radius 1 is 1.07 bits per heavy atom. The molecule has 1 amide bonds. The maximum Gasteiger partial charge on any atom is 0.243 e. The van der Waals surface area contributed by atoms with Gasteiger partial charge in [-0.1, -0.05) is 30.3 Å². The number of ether oxygens (including phenoxy) is 2. The summed E-state index contributed by atoms with van der Waals surface area (Å²) in [5.74, 6) is 0.544. The minimum atomic E-state index is -3.93. The number of fused-ring (bicyclic) bond motifs is 1. The van der Waals surface area contributed by atoms with Crippen LogP contribution in [0, 0.1) is 0 Å². The summed E-state index contributed by atoms with van der Waals surface area (Å²) in [4.78, 5) is 12.4. The van der Waals surface area contributed by atoms with Gasteiger partial charge in [-0.15, -0.1) is 0 Å². The average molecular weight is 404 g/mol. The van der Waals surface area contributed by atoms with E-state index in [1.54, 1.807) is 6.07 Å². The highest BCUT2D eigenvalue weighted by atomic mass is 32.2. The first-order valence-electron chi connectivity index (χ1n) is 9.09. The summed E-state index contributed by atoms with van der Waals surface area (Å²) in [5, 5.41) is 2.74. The summed E-state index contributed by atoms with van der Waals surface area (Å²) in [6.45, 7) is 4.26. The average Bonchev–Trinajstić information content (AvgIpc) is 2.67. The lowest BCUT2D eigenvalue weighted by Gasteiger charge is -2.24. The van der Waals surface area contributed by atoms with Crippen molar-refractivity contribution in [1.82, 2.24) is 9.62 Å². The molecule has 0 saturated heterocycles. The van der Waals surface area contributed by atoms with Crippen molar-refractivity contribution in [3.8, 4) is 11.5 Å². The van der Waals surface area contributed by atoms with Crippen molar-refractivity contribution in [2.45, 2.75) is 31.3 Å². The van der Waals surface area contributed by atoms with E-state index in [-0.39, 0.29) is 29.9 Å². The number of rotatable bonds is 7. The van der Waals surface area contributed by atoms with Crippen LogP contribution < -0.4 is 14.8 Å². The maximum absolute atomic E-state index is 13.3. The summed E-state index contributed by atoms with van der Waals surface area (Å²) >= 11 is 0. The minimum absolute atomic E-state index is 0.0602. The van der Waals surface area contributed by atoms with Crippen LogP contribution in [0.1, 0.15) is 19.4 Å². The molecule has 7 nitrogen and oxygen atoms in total. The van der Waals surface area contributed by atoms with E-state index in [2.05, 4.69) is 5.32 Å². The number of carbonyl (C=O) groups is 1. The van der Waals surface area contributed by atoms with E-state index >= 15 is 0 Å². The molecule has 8 heteroatoms. The van der Waals surface area contributed by atoms with Gasteiger partial charge in [-0.25, -0.2) is 8.42 Å². The number of nitrogens with one attached hydrogen (secondary N) is 1. The molecule has 0 saturated carbocycles. The first kappa shape index (κ1) is 20.2. The zero-order chi connectivity index (χ0) is 20.1. The predicted octanol–water partition coefficient (Wildman–Crippen LogP) is 2.17. The Bertz CT molecular complexity index is 929. The number of amides is 1. The minimum Gasteiger partial charge on any atom is -0.486 e. The van der Waals surface area contributed by atoms with Gasteiger partial charge < -0.3 is 14.8 Å². The topological polar surface area (TPSA) is 84.9 Å². The van der Waals surface area contributed by atoms with Crippen molar-refractivity contribution in [1.29, 1.82) is 0 Å². The maximum atomic E-state index is 13.3. The molecule has 0 bridgehead atoms. The van der Waals surface area contributed by atoms with Gasteiger partial charge in [-0.3, -0.25) is 4.79 Å². The molecule has 1 aliphatic heterocycles. The molecule has 1 heterocycles. The summed E-state index contributed by atoms with van der Waals surface area (Å²) in [6, 6.07) is 13.6. The van der Waals surface area contributed by atoms with Crippen LogP contribution in [0.5, 0.6) is 11.5 Å². The fourth-order valence-corrected chi connectivity index (χ4v) is 4.27. The number of hydrogen-bond acceptors (Lipinski definition) is 5. The Kier molecular flexibility index (Phi) is 6.21. The fourth-order valence-electron chi connectivity index (χ4n) is 2.87. The first-order valence-corrected chi connectivity index (χ1v) is 10.5. The Balaban J connectivity index is 1.91. The molecule has 150 valence electrons. The van der Waals surface area contributed by atoms with Gasteiger partial charge in [0, 0.05) is 18.7 Å². The normalized spacial score (nSPS) is 13.6. The van der Waals surface area contributed by atoms with Crippen molar-refractivity contribution in [2.75, 3.05) is 19.8 Å². The molecule has 1 aliphatic rings. The van der Waals surface area contributed by atoms with E-state index in [1.165, 1.54) is 16.4 Å². The van der Waals surface area contributed by atoms with E-state index in [9.17, 15) is 13.2 Å². The van der Waals surface area contributed by atoms with Gasteiger partial charge >= 0.3 is 0 Å². The second kappa shape index (κ2) is 8.62. The Labute approximate surface area is 165 Å². The van der Waals surface area contributed by atoms with E-state index in [0.717, 1.165) is 5.56 Å². The van der Waals surface area contributed by atoms with Crippen molar-refractivity contribution >= 4 is 15.9 Å². The molecule has 0 fully saturated rings. The monoisotopic (exact) mass is 404 g/mol. The molecule has 0 atom stereocenters. The predicted molar refractivity (Wildman–Crippen MR) is 105 cm³/mol. The highest BCUT2D eigenvalue weighted by Gasteiger charge is 2.28. The SMILES string of the molecule is CC(C)NC(=O)CN(Cc1ccccc1)S(=O)(=O)c1ccc2c(c1)OCCO2. The van der Waals surface area contributed by atoms with E-state index in [0.29, 0.717) is 24.7 Å². The van der Waals surface area contributed by atoms with Crippen LogP contribution in [-0.2, 0) is 21.4 Å². The van der Waals surface area contributed by atoms with Crippen LogP contribution in [0.4, 0.5) is 0 Å². The van der Waals surface area contributed by atoms with Gasteiger partial charge in [0.15, 0.2) is 11.5 Å². The van der Waals surface area contributed by atoms with Gasteiger partial charge in [0.25, 0.3) is 0 Å². The van der Waals surface area contributed by atoms with E-state index in [1.807, 2.05) is 44.2 Å². The molecule has 0 radical (unpaired) electrons. The Morgan fingerprint density at radius 2 is 1.75 bits per heavy atom. The van der Waals surface area contributed by atoms with Gasteiger partial charge in [0.1, 0.15) is 13.2 Å². The van der Waals surface area contributed by atoms with Gasteiger partial charge in [-0.2, -0.15) is 4.31 Å². The summed E-state index contributed by atoms with van der Waals surface area (Å²) in [7, 11) is -3.93. The number of hydrogen-bond donors (Lipinski definition) is 1. The molecule has 1 N–H and O–H groups in total. The second-order valence-corrected chi connectivity index (χ2v) is 8.72. The van der Waals surface area contributed by atoms with E-state index < -0.39 is 10.0 Å². The lowest BCUT2D eigenvalue weighted by atomic mass is 10.2. The quantitative estimate of drug-likeness (QED) is 0.765. The first-order chi connectivity index (χ1) is 13.4. The smallest absolute Gasteiger partial charge is 0.243 e. The highest BCUT2D eigenvalue weighted by Crippen LogP contribution is 2.33. The molecule has 3 rings (SSSR count). The number of carbonyl (C=O) groups excluding carboxylic acids is 1. The molecule has 0 aliphatic carbocycles. The standard InChI is InChI=1S/C20H24N2O5S/c1-15(2)21-20(23)14-22(13-16-6-4-3-5-7-16)28(24,25)17-8-9-18-19(12-17)27-11-10-26-18/h3-9,12,15H,10-11,13-14H2,1-2H3,(H,21,23). The number of sulfonamides is 1. The van der Waals surface area contributed by atoms with Crippen LogP contribution >= 0.6 is 0 Å². The van der Waals surface area contributed by atoms with E-state index in [4.69, 9.17) is 9.47 Å². The van der Waals surface area contributed by atoms with Gasteiger partial charge in [-0.05, 0) is 31.5 Å². The molecule has 28 heavy (non-hydrogen) atoms. The zero-order valence-electron chi connectivity index (χ0n) is 15.9. The molecule has 0 aromatic heterocycles. The third kappa shape index (κ3) is 4.82.